The van der Waals surface area contributed by atoms with E-state index < -0.39 is 0 Å². The maximum absolute atomic E-state index is 11.8. The van der Waals surface area contributed by atoms with E-state index in [-0.39, 0.29) is 5.91 Å². The number of amides is 1. The molecule has 2 heterocycles. The molecule has 0 aliphatic rings. The summed E-state index contributed by atoms with van der Waals surface area (Å²) in [6, 6.07) is 5.07. The number of hydrogen-bond donors (Lipinski definition) is 1. The Morgan fingerprint density at radius 2 is 2.22 bits per heavy atom. The Morgan fingerprint density at radius 1 is 1.39 bits per heavy atom. The third-order valence-electron chi connectivity index (χ3n) is 2.54. The highest BCUT2D eigenvalue weighted by Gasteiger charge is 2.07. The second-order valence-electron chi connectivity index (χ2n) is 3.84. The van der Waals surface area contributed by atoms with E-state index in [1.54, 1.807) is 18.5 Å². The number of nitrogens with one attached hydrogen (secondary N) is 1. The average molecular weight is 262 g/mol. The molecule has 0 aliphatic heterocycles. The maximum Gasteiger partial charge on any atom is 0.270 e. The standard InChI is InChI=1S/C13H12ClN3O/c1-9-2-4-15-7-10(9)8-17-13(18)12-6-11(14)3-5-16-12/h2-7H,8H2,1H3,(H,17,18). The molecule has 1 N–H and O–H groups in total. The predicted octanol–water partition coefficient (Wildman–Crippen LogP) is 2.37. The van der Waals surface area contributed by atoms with Crippen LogP contribution in [0.3, 0.4) is 0 Å². The van der Waals surface area contributed by atoms with Gasteiger partial charge < -0.3 is 5.32 Å². The smallest absolute Gasteiger partial charge is 0.270 e. The van der Waals surface area contributed by atoms with Gasteiger partial charge in [0, 0.05) is 30.2 Å². The molecule has 5 heteroatoms. The fourth-order valence-corrected chi connectivity index (χ4v) is 1.64. The highest BCUT2D eigenvalue weighted by molar-refractivity contribution is 6.30. The molecular weight excluding hydrogens is 250 g/mol. The van der Waals surface area contributed by atoms with Crippen LogP contribution in [0.25, 0.3) is 0 Å². The van der Waals surface area contributed by atoms with Gasteiger partial charge in [-0.3, -0.25) is 14.8 Å². The molecule has 1 amide bonds. The van der Waals surface area contributed by atoms with Crippen molar-refractivity contribution in [3.05, 3.63) is 58.6 Å². The molecule has 0 spiro atoms. The minimum atomic E-state index is -0.249. The van der Waals surface area contributed by atoms with Gasteiger partial charge in [-0.15, -0.1) is 0 Å². The van der Waals surface area contributed by atoms with Gasteiger partial charge in [0.1, 0.15) is 5.69 Å². The van der Waals surface area contributed by atoms with Crippen LogP contribution in [0.15, 0.2) is 36.8 Å². The first-order valence-electron chi connectivity index (χ1n) is 5.46. The van der Waals surface area contributed by atoms with Crippen molar-refractivity contribution in [1.29, 1.82) is 0 Å². The van der Waals surface area contributed by atoms with E-state index in [4.69, 9.17) is 11.6 Å². The van der Waals surface area contributed by atoms with Gasteiger partial charge in [0.15, 0.2) is 0 Å². The molecule has 0 bridgehead atoms. The lowest BCUT2D eigenvalue weighted by Gasteiger charge is -2.06. The van der Waals surface area contributed by atoms with Crippen LogP contribution < -0.4 is 5.32 Å². The van der Waals surface area contributed by atoms with Crippen LogP contribution in [0.2, 0.25) is 5.02 Å². The van der Waals surface area contributed by atoms with Crippen molar-refractivity contribution >= 4 is 17.5 Å². The Hall–Kier alpha value is -1.94. The highest BCUT2D eigenvalue weighted by Crippen LogP contribution is 2.08. The summed E-state index contributed by atoms with van der Waals surface area (Å²) in [4.78, 5) is 19.8. The Kier molecular flexibility index (Phi) is 3.89. The first kappa shape index (κ1) is 12.5. The van der Waals surface area contributed by atoms with Crippen molar-refractivity contribution in [3.8, 4) is 0 Å². The van der Waals surface area contributed by atoms with Crippen molar-refractivity contribution in [2.45, 2.75) is 13.5 Å². The van der Waals surface area contributed by atoms with E-state index in [1.165, 1.54) is 12.3 Å². The number of aryl methyl sites for hydroxylation is 1. The quantitative estimate of drug-likeness (QED) is 0.923. The summed E-state index contributed by atoms with van der Waals surface area (Å²) in [7, 11) is 0. The number of pyridine rings is 2. The molecule has 0 saturated carbocycles. The van der Waals surface area contributed by atoms with E-state index in [0.29, 0.717) is 17.3 Å². The highest BCUT2D eigenvalue weighted by atomic mass is 35.5. The molecule has 18 heavy (non-hydrogen) atoms. The van der Waals surface area contributed by atoms with Gasteiger partial charge in [0.25, 0.3) is 5.91 Å². The van der Waals surface area contributed by atoms with Gasteiger partial charge in [-0.25, -0.2) is 0 Å². The van der Waals surface area contributed by atoms with Crippen LogP contribution >= 0.6 is 11.6 Å². The zero-order chi connectivity index (χ0) is 13.0. The molecule has 92 valence electrons. The summed E-state index contributed by atoms with van der Waals surface area (Å²) >= 11 is 5.80. The van der Waals surface area contributed by atoms with Crippen LogP contribution in [-0.2, 0) is 6.54 Å². The van der Waals surface area contributed by atoms with Crippen molar-refractivity contribution in [1.82, 2.24) is 15.3 Å². The number of carbonyl (C=O) groups excluding carboxylic acids is 1. The zero-order valence-electron chi connectivity index (χ0n) is 9.85. The third-order valence-corrected chi connectivity index (χ3v) is 2.78. The molecule has 0 aromatic carbocycles. The fraction of sp³-hybridized carbons (Fsp3) is 0.154. The second-order valence-corrected chi connectivity index (χ2v) is 4.28. The second kappa shape index (κ2) is 5.60. The van der Waals surface area contributed by atoms with Crippen LogP contribution in [0.4, 0.5) is 0 Å². The van der Waals surface area contributed by atoms with Crippen LogP contribution in [0.5, 0.6) is 0 Å². The van der Waals surface area contributed by atoms with Gasteiger partial charge in [0.2, 0.25) is 0 Å². The number of carbonyl (C=O) groups is 1. The van der Waals surface area contributed by atoms with Crippen molar-refractivity contribution in [2.75, 3.05) is 0 Å². The molecular formula is C13H12ClN3O. The molecule has 0 aliphatic carbocycles. The number of halogens is 1. The van der Waals surface area contributed by atoms with Crippen molar-refractivity contribution < 1.29 is 4.79 Å². The van der Waals surface area contributed by atoms with Crippen molar-refractivity contribution in [3.63, 3.8) is 0 Å². The molecule has 2 aromatic heterocycles. The lowest BCUT2D eigenvalue weighted by Crippen LogP contribution is -2.24. The van der Waals surface area contributed by atoms with Crippen LogP contribution in [0.1, 0.15) is 21.6 Å². The van der Waals surface area contributed by atoms with Crippen LogP contribution in [0, 0.1) is 6.92 Å². The molecule has 0 unspecified atom stereocenters. The summed E-state index contributed by atoms with van der Waals surface area (Å²) in [6.45, 7) is 2.40. The number of aromatic nitrogens is 2. The minimum absolute atomic E-state index is 0.249. The van der Waals surface area contributed by atoms with E-state index in [2.05, 4.69) is 15.3 Å². The topological polar surface area (TPSA) is 54.9 Å². The number of nitrogens with zero attached hydrogens (tertiary/aromatic N) is 2. The zero-order valence-corrected chi connectivity index (χ0v) is 10.6. The SMILES string of the molecule is Cc1ccncc1CNC(=O)c1cc(Cl)ccn1. The van der Waals surface area contributed by atoms with Crippen LogP contribution in [-0.4, -0.2) is 15.9 Å². The summed E-state index contributed by atoms with van der Waals surface area (Å²) < 4.78 is 0. The Bertz CT molecular complexity index is 572. The van der Waals surface area contributed by atoms with E-state index in [0.717, 1.165) is 11.1 Å². The molecule has 0 atom stereocenters. The predicted molar refractivity (Wildman–Crippen MR) is 69.4 cm³/mol. The monoisotopic (exact) mass is 261 g/mol. The van der Waals surface area contributed by atoms with E-state index in [1.807, 2.05) is 13.0 Å². The molecule has 0 saturated heterocycles. The Labute approximate surface area is 110 Å². The summed E-state index contributed by atoms with van der Waals surface area (Å²) in [5.74, 6) is -0.249. The largest absolute Gasteiger partial charge is 0.347 e. The molecule has 4 nitrogen and oxygen atoms in total. The van der Waals surface area contributed by atoms with E-state index >= 15 is 0 Å². The normalized spacial score (nSPS) is 10.1. The first-order chi connectivity index (χ1) is 8.66. The molecule has 0 fully saturated rings. The fourth-order valence-electron chi connectivity index (χ4n) is 1.48. The van der Waals surface area contributed by atoms with Gasteiger partial charge in [0.05, 0.1) is 0 Å². The molecule has 2 aromatic rings. The third kappa shape index (κ3) is 3.05. The number of rotatable bonds is 3. The Balaban J connectivity index is 2.03. The number of hydrogen-bond acceptors (Lipinski definition) is 3. The van der Waals surface area contributed by atoms with Gasteiger partial charge >= 0.3 is 0 Å². The molecule has 0 radical (unpaired) electrons. The minimum Gasteiger partial charge on any atom is -0.347 e. The molecule has 2 rings (SSSR count). The summed E-state index contributed by atoms with van der Waals surface area (Å²) in [5, 5.41) is 3.28. The lowest BCUT2D eigenvalue weighted by atomic mass is 10.1. The summed E-state index contributed by atoms with van der Waals surface area (Å²) in [5.41, 5.74) is 2.38. The Morgan fingerprint density at radius 3 is 2.94 bits per heavy atom. The van der Waals surface area contributed by atoms with Gasteiger partial charge in [-0.05, 0) is 36.2 Å². The average Bonchev–Trinajstić information content (AvgIpc) is 2.37. The first-order valence-corrected chi connectivity index (χ1v) is 5.84. The summed E-state index contributed by atoms with van der Waals surface area (Å²) in [6.07, 6.45) is 4.97. The maximum atomic E-state index is 11.8. The van der Waals surface area contributed by atoms with Gasteiger partial charge in [-0.2, -0.15) is 0 Å². The van der Waals surface area contributed by atoms with E-state index in [9.17, 15) is 4.79 Å². The lowest BCUT2D eigenvalue weighted by molar-refractivity contribution is 0.0946. The van der Waals surface area contributed by atoms with Crippen molar-refractivity contribution in [2.24, 2.45) is 0 Å². The van der Waals surface area contributed by atoms with Gasteiger partial charge in [-0.1, -0.05) is 11.6 Å².